The van der Waals surface area contributed by atoms with Gasteiger partial charge in [0.15, 0.2) is 5.13 Å². The summed E-state index contributed by atoms with van der Waals surface area (Å²) in [4.78, 5) is 32.2. The number of anilines is 1. The molecule has 0 aliphatic carbocycles. The number of nitrogens with one attached hydrogen (secondary N) is 3. The molecule has 0 fully saturated rings. The van der Waals surface area contributed by atoms with Crippen molar-refractivity contribution in [3.05, 3.63) is 59.8 Å². The molecule has 0 aliphatic rings. The number of hydrogen-bond donors (Lipinski definition) is 3. The Kier molecular flexibility index (Phi) is 4.83. The van der Waals surface area contributed by atoms with Crippen LogP contribution in [-0.4, -0.2) is 27.8 Å². The minimum Gasteiger partial charge on any atom is -0.361 e. The van der Waals surface area contributed by atoms with Crippen molar-refractivity contribution in [1.82, 2.24) is 15.3 Å². The number of hydrogen-bond acceptors (Lipinski definition) is 4. The van der Waals surface area contributed by atoms with Crippen LogP contribution >= 0.6 is 11.3 Å². The summed E-state index contributed by atoms with van der Waals surface area (Å²) in [7, 11) is 0. The molecule has 2 aromatic carbocycles. The van der Waals surface area contributed by atoms with E-state index in [4.69, 9.17) is 0 Å². The van der Waals surface area contributed by atoms with Crippen molar-refractivity contribution < 1.29 is 9.59 Å². The van der Waals surface area contributed by atoms with Crippen LogP contribution < -0.4 is 10.6 Å². The van der Waals surface area contributed by atoms with Crippen LogP contribution in [0.1, 0.15) is 18.1 Å². The molecule has 1 atom stereocenters. The first-order valence-electron chi connectivity index (χ1n) is 9.00. The van der Waals surface area contributed by atoms with Crippen LogP contribution in [0.4, 0.5) is 5.13 Å². The van der Waals surface area contributed by atoms with Crippen molar-refractivity contribution in [3.63, 3.8) is 0 Å². The van der Waals surface area contributed by atoms with Crippen LogP contribution in [0, 0.1) is 6.92 Å². The lowest BCUT2D eigenvalue weighted by atomic mass is 10.0. The van der Waals surface area contributed by atoms with Crippen LogP contribution in [0.5, 0.6) is 0 Å². The van der Waals surface area contributed by atoms with Gasteiger partial charge in [0.05, 0.1) is 10.2 Å². The zero-order valence-electron chi connectivity index (χ0n) is 15.6. The highest BCUT2D eigenvalue weighted by Crippen LogP contribution is 2.27. The summed E-state index contributed by atoms with van der Waals surface area (Å²) >= 11 is 1.42. The second kappa shape index (κ2) is 7.44. The van der Waals surface area contributed by atoms with Crippen molar-refractivity contribution in [3.8, 4) is 0 Å². The van der Waals surface area contributed by atoms with Gasteiger partial charge in [-0.3, -0.25) is 9.59 Å². The number of nitrogens with zero attached hydrogens (tertiary/aromatic N) is 1. The number of para-hydroxylation sites is 1. The van der Waals surface area contributed by atoms with Crippen molar-refractivity contribution in [2.24, 2.45) is 0 Å². The number of H-pyrrole nitrogens is 1. The van der Waals surface area contributed by atoms with Gasteiger partial charge in [-0.05, 0) is 36.2 Å². The predicted octanol–water partition coefficient (Wildman–Crippen LogP) is 3.77. The van der Waals surface area contributed by atoms with E-state index in [2.05, 4.69) is 20.6 Å². The fraction of sp³-hybridized carbons (Fsp3) is 0.190. The summed E-state index contributed by atoms with van der Waals surface area (Å²) in [5, 5.41) is 7.19. The summed E-state index contributed by atoms with van der Waals surface area (Å²) < 4.78 is 1.02. The summed E-state index contributed by atoms with van der Waals surface area (Å²) in [5.74, 6) is -0.531. The quantitative estimate of drug-likeness (QED) is 0.483. The third kappa shape index (κ3) is 3.75. The van der Waals surface area contributed by atoms with Crippen LogP contribution in [0.2, 0.25) is 0 Å². The third-order valence-electron chi connectivity index (χ3n) is 4.57. The van der Waals surface area contributed by atoms with Crippen LogP contribution in [-0.2, 0) is 16.0 Å². The van der Waals surface area contributed by atoms with Gasteiger partial charge in [0.2, 0.25) is 11.8 Å². The fourth-order valence-electron chi connectivity index (χ4n) is 3.25. The topological polar surface area (TPSA) is 86.9 Å². The van der Waals surface area contributed by atoms with Gasteiger partial charge in [0.1, 0.15) is 6.04 Å². The van der Waals surface area contributed by atoms with Crippen LogP contribution in [0.3, 0.4) is 0 Å². The predicted molar refractivity (Wildman–Crippen MR) is 113 cm³/mol. The molecule has 0 unspecified atom stereocenters. The van der Waals surface area contributed by atoms with Gasteiger partial charge in [0.25, 0.3) is 0 Å². The van der Waals surface area contributed by atoms with Gasteiger partial charge in [-0.2, -0.15) is 0 Å². The zero-order valence-corrected chi connectivity index (χ0v) is 16.4. The monoisotopic (exact) mass is 392 g/mol. The van der Waals surface area contributed by atoms with Crippen LogP contribution in [0.15, 0.2) is 48.7 Å². The average molecular weight is 392 g/mol. The van der Waals surface area contributed by atoms with Crippen molar-refractivity contribution >= 4 is 49.4 Å². The number of benzene rings is 2. The minimum absolute atomic E-state index is 0.250. The van der Waals surface area contributed by atoms with Gasteiger partial charge in [-0.15, -0.1) is 0 Å². The van der Waals surface area contributed by atoms with Crippen molar-refractivity contribution in [1.29, 1.82) is 0 Å². The molecular weight excluding hydrogens is 372 g/mol. The highest BCUT2D eigenvalue weighted by molar-refractivity contribution is 7.22. The Balaban J connectivity index is 1.57. The average Bonchev–Trinajstić information content (AvgIpc) is 3.24. The van der Waals surface area contributed by atoms with Gasteiger partial charge < -0.3 is 15.6 Å². The van der Waals surface area contributed by atoms with E-state index in [1.165, 1.54) is 18.3 Å². The van der Waals surface area contributed by atoms with E-state index in [-0.39, 0.29) is 11.8 Å². The summed E-state index contributed by atoms with van der Waals surface area (Å²) in [5.41, 5.74) is 3.97. The number of carbonyl (C=O) groups is 2. The van der Waals surface area contributed by atoms with Gasteiger partial charge >= 0.3 is 0 Å². The first kappa shape index (κ1) is 18.2. The number of aromatic amines is 1. The number of aromatic nitrogens is 2. The Bertz CT molecular complexity index is 1180. The maximum Gasteiger partial charge on any atom is 0.249 e. The zero-order chi connectivity index (χ0) is 19.7. The molecule has 7 heteroatoms. The van der Waals surface area contributed by atoms with E-state index in [9.17, 15) is 9.59 Å². The lowest BCUT2D eigenvalue weighted by Crippen LogP contribution is -2.44. The molecule has 28 heavy (non-hydrogen) atoms. The molecule has 0 saturated heterocycles. The molecule has 4 aromatic rings. The van der Waals surface area contributed by atoms with E-state index in [0.717, 1.165) is 32.2 Å². The minimum atomic E-state index is -0.689. The lowest BCUT2D eigenvalue weighted by Gasteiger charge is -2.16. The van der Waals surface area contributed by atoms with Crippen LogP contribution in [0.25, 0.3) is 21.1 Å². The number of carbonyl (C=O) groups excluding carboxylic acids is 2. The molecule has 4 rings (SSSR count). The molecule has 2 amide bonds. The maximum atomic E-state index is 12.9. The largest absolute Gasteiger partial charge is 0.361 e. The first-order chi connectivity index (χ1) is 13.5. The fourth-order valence-corrected chi connectivity index (χ4v) is 4.22. The Morgan fingerprint density at radius 3 is 2.86 bits per heavy atom. The van der Waals surface area contributed by atoms with E-state index in [1.807, 2.05) is 55.6 Å². The number of thiazole rings is 1. The number of aryl methyl sites for hydroxylation is 1. The molecule has 0 saturated carbocycles. The molecular formula is C21H20N4O2S. The molecule has 142 valence electrons. The molecule has 0 bridgehead atoms. The third-order valence-corrected chi connectivity index (χ3v) is 5.50. The molecule has 6 nitrogen and oxygen atoms in total. The van der Waals surface area contributed by atoms with E-state index < -0.39 is 6.04 Å². The number of rotatable bonds is 5. The smallest absolute Gasteiger partial charge is 0.249 e. The molecule has 0 radical (unpaired) electrons. The first-order valence-corrected chi connectivity index (χ1v) is 9.81. The van der Waals surface area contributed by atoms with Gasteiger partial charge in [0, 0.05) is 30.4 Å². The van der Waals surface area contributed by atoms with Gasteiger partial charge in [-0.1, -0.05) is 35.6 Å². The Labute approximate surface area is 166 Å². The molecule has 2 heterocycles. The molecule has 0 spiro atoms. The normalized spacial score (nSPS) is 12.2. The maximum absolute atomic E-state index is 12.9. The van der Waals surface area contributed by atoms with Crippen molar-refractivity contribution in [2.75, 3.05) is 5.32 Å². The highest BCUT2D eigenvalue weighted by Gasteiger charge is 2.22. The van der Waals surface area contributed by atoms with E-state index in [1.54, 1.807) is 0 Å². The summed E-state index contributed by atoms with van der Waals surface area (Å²) in [6, 6.07) is 13.2. The molecule has 2 aromatic heterocycles. The Hall–Kier alpha value is -3.19. The number of amides is 2. The standard InChI is InChI=1S/C21H20N4O2S/c1-12-7-8-17-19(9-12)28-21(24-17)25-20(27)18(23-13(2)26)10-14-11-22-16-6-4-3-5-15(14)16/h3-9,11,18,22H,10H2,1-2H3,(H,23,26)(H,24,25,27)/t18-/m1/s1. The second-order valence-corrected chi connectivity index (χ2v) is 7.83. The second-order valence-electron chi connectivity index (χ2n) is 6.80. The van der Waals surface area contributed by atoms with Crippen molar-refractivity contribution in [2.45, 2.75) is 26.3 Å². The number of fused-ring (bicyclic) bond motifs is 2. The summed E-state index contributed by atoms with van der Waals surface area (Å²) in [6.07, 6.45) is 2.27. The SMILES string of the molecule is CC(=O)N[C@H](Cc1c[nH]c2ccccc12)C(=O)Nc1nc2ccc(C)cc2s1. The highest BCUT2D eigenvalue weighted by atomic mass is 32.1. The molecule has 3 N–H and O–H groups in total. The van der Waals surface area contributed by atoms with E-state index >= 15 is 0 Å². The lowest BCUT2D eigenvalue weighted by molar-refractivity contribution is -0.125. The van der Waals surface area contributed by atoms with E-state index in [0.29, 0.717) is 11.6 Å². The Morgan fingerprint density at radius 1 is 1.21 bits per heavy atom. The Morgan fingerprint density at radius 2 is 2.04 bits per heavy atom. The summed E-state index contributed by atoms with van der Waals surface area (Å²) in [6.45, 7) is 3.43. The van der Waals surface area contributed by atoms with Gasteiger partial charge in [-0.25, -0.2) is 4.98 Å². The molecule has 0 aliphatic heterocycles.